The number of benzene rings is 2. The Morgan fingerprint density at radius 3 is 2.62 bits per heavy atom. The summed E-state index contributed by atoms with van der Waals surface area (Å²) in [5.74, 6) is -0.561. The predicted molar refractivity (Wildman–Crippen MR) is 99.8 cm³/mol. The molecule has 5 nitrogen and oxygen atoms in total. The zero-order valence-electron chi connectivity index (χ0n) is 14.5. The first-order valence-electron chi connectivity index (χ1n) is 8.93. The van der Waals surface area contributed by atoms with Gasteiger partial charge in [0.15, 0.2) is 0 Å². The summed E-state index contributed by atoms with van der Waals surface area (Å²) in [7, 11) is 0. The van der Waals surface area contributed by atoms with Crippen LogP contribution in [0.15, 0.2) is 48.8 Å². The van der Waals surface area contributed by atoms with Gasteiger partial charge in [0.1, 0.15) is 5.82 Å². The first kappa shape index (κ1) is 16.7. The summed E-state index contributed by atoms with van der Waals surface area (Å²) < 4.78 is 15.1. The van der Waals surface area contributed by atoms with Gasteiger partial charge in [-0.15, -0.1) is 0 Å². The molecule has 1 saturated heterocycles. The lowest BCUT2D eigenvalue weighted by molar-refractivity contribution is 0.102. The van der Waals surface area contributed by atoms with Gasteiger partial charge in [-0.25, -0.2) is 9.37 Å². The largest absolute Gasteiger partial charge is 0.329 e. The number of likely N-dealkylation sites (tertiary alicyclic amines) is 1. The molecule has 0 aliphatic carbocycles. The summed E-state index contributed by atoms with van der Waals surface area (Å²) in [6.07, 6.45) is 4.41. The second kappa shape index (κ2) is 7.25. The second-order valence-electron chi connectivity index (χ2n) is 6.65. The van der Waals surface area contributed by atoms with Crippen LogP contribution in [0, 0.1) is 5.82 Å². The third-order valence-corrected chi connectivity index (χ3v) is 4.84. The third kappa shape index (κ3) is 3.60. The van der Waals surface area contributed by atoms with Gasteiger partial charge in [0.25, 0.3) is 5.91 Å². The van der Waals surface area contributed by atoms with Gasteiger partial charge in [0.05, 0.1) is 17.4 Å². The van der Waals surface area contributed by atoms with Crippen LogP contribution in [-0.4, -0.2) is 40.0 Å². The first-order valence-corrected chi connectivity index (χ1v) is 8.93. The van der Waals surface area contributed by atoms with Gasteiger partial charge in [-0.3, -0.25) is 4.79 Å². The maximum Gasteiger partial charge on any atom is 0.255 e. The van der Waals surface area contributed by atoms with Crippen LogP contribution in [0.2, 0.25) is 0 Å². The molecule has 2 aromatic carbocycles. The summed E-state index contributed by atoms with van der Waals surface area (Å²) in [5.41, 5.74) is 2.93. The lowest BCUT2D eigenvalue weighted by atomic mass is 10.2. The van der Waals surface area contributed by atoms with Gasteiger partial charge in [-0.2, -0.15) is 0 Å². The Bertz CT molecular complexity index is 913. The van der Waals surface area contributed by atoms with Crippen molar-refractivity contribution in [2.45, 2.75) is 19.4 Å². The smallest absolute Gasteiger partial charge is 0.255 e. The van der Waals surface area contributed by atoms with Gasteiger partial charge in [-0.05, 0) is 68.4 Å². The number of carbonyl (C=O) groups excluding carboxylic acids is 1. The fourth-order valence-corrected chi connectivity index (χ4v) is 3.38. The van der Waals surface area contributed by atoms with Crippen molar-refractivity contribution in [2.75, 3.05) is 25.0 Å². The molecule has 0 unspecified atom stereocenters. The number of halogens is 1. The highest BCUT2D eigenvalue weighted by atomic mass is 19.1. The second-order valence-corrected chi connectivity index (χ2v) is 6.65. The number of carbonyl (C=O) groups is 1. The zero-order valence-corrected chi connectivity index (χ0v) is 14.5. The Hall–Kier alpha value is -2.73. The van der Waals surface area contributed by atoms with Crippen LogP contribution in [0.1, 0.15) is 23.2 Å². The summed E-state index contributed by atoms with van der Waals surface area (Å²) in [4.78, 5) is 19.3. The molecule has 1 aromatic heterocycles. The van der Waals surface area contributed by atoms with Gasteiger partial charge in [-0.1, -0.05) is 0 Å². The van der Waals surface area contributed by atoms with E-state index in [1.165, 1.54) is 38.1 Å². The molecule has 6 heteroatoms. The first-order chi connectivity index (χ1) is 12.7. The van der Waals surface area contributed by atoms with Crippen molar-refractivity contribution in [1.82, 2.24) is 14.5 Å². The maximum absolute atomic E-state index is 13.0. The Morgan fingerprint density at radius 2 is 1.85 bits per heavy atom. The Labute approximate surface area is 151 Å². The molecule has 0 bridgehead atoms. The van der Waals surface area contributed by atoms with E-state index < -0.39 is 0 Å². The van der Waals surface area contributed by atoms with Crippen LogP contribution in [0.4, 0.5) is 10.1 Å². The Balaban J connectivity index is 1.47. The molecule has 1 amide bonds. The third-order valence-electron chi connectivity index (χ3n) is 4.84. The van der Waals surface area contributed by atoms with Crippen molar-refractivity contribution in [2.24, 2.45) is 0 Å². The normalized spacial score (nSPS) is 14.8. The average Bonchev–Trinajstić information content (AvgIpc) is 3.31. The number of nitrogens with zero attached hydrogens (tertiary/aromatic N) is 3. The number of imidazole rings is 1. The molecular weight excluding hydrogens is 331 g/mol. The quantitative estimate of drug-likeness (QED) is 0.764. The summed E-state index contributed by atoms with van der Waals surface area (Å²) >= 11 is 0. The Kier molecular flexibility index (Phi) is 4.67. The number of rotatable bonds is 5. The minimum absolute atomic E-state index is 0.231. The lowest BCUT2D eigenvalue weighted by Crippen LogP contribution is -2.23. The minimum atomic E-state index is -0.330. The standard InChI is InChI=1S/C20H21FN4O/c21-16-4-6-17(7-5-16)23-20(26)15-3-8-19-18(13-15)22-14-25(19)12-11-24-9-1-2-10-24/h3-8,13-14H,1-2,9-12H2,(H,23,26). The van der Waals surface area contributed by atoms with E-state index in [0.29, 0.717) is 11.3 Å². The number of anilines is 1. The summed E-state index contributed by atoms with van der Waals surface area (Å²) in [5, 5.41) is 2.77. The van der Waals surface area contributed by atoms with E-state index >= 15 is 0 Å². The van der Waals surface area contributed by atoms with Crippen LogP contribution < -0.4 is 5.32 Å². The average molecular weight is 352 g/mol. The van der Waals surface area contributed by atoms with Gasteiger partial charge >= 0.3 is 0 Å². The van der Waals surface area contributed by atoms with E-state index in [1.807, 2.05) is 12.4 Å². The van der Waals surface area contributed by atoms with Crippen LogP contribution in [0.25, 0.3) is 11.0 Å². The van der Waals surface area contributed by atoms with E-state index in [0.717, 1.165) is 24.1 Å². The molecule has 1 aliphatic heterocycles. The number of hydrogen-bond donors (Lipinski definition) is 1. The molecule has 1 fully saturated rings. The predicted octanol–water partition coefficient (Wildman–Crippen LogP) is 3.52. The fraction of sp³-hybridized carbons (Fsp3) is 0.300. The van der Waals surface area contributed by atoms with Crippen molar-refractivity contribution < 1.29 is 9.18 Å². The SMILES string of the molecule is O=C(Nc1ccc(F)cc1)c1ccc2c(c1)ncn2CCN1CCCC1. The van der Waals surface area contributed by atoms with Gasteiger partial charge in [0.2, 0.25) is 0 Å². The van der Waals surface area contributed by atoms with Crippen molar-refractivity contribution in [1.29, 1.82) is 0 Å². The fourth-order valence-electron chi connectivity index (χ4n) is 3.38. The number of fused-ring (bicyclic) bond motifs is 1. The Morgan fingerprint density at radius 1 is 1.08 bits per heavy atom. The van der Waals surface area contributed by atoms with Crippen LogP contribution >= 0.6 is 0 Å². The number of hydrogen-bond acceptors (Lipinski definition) is 3. The molecule has 26 heavy (non-hydrogen) atoms. The molecule has 1 aliphatic rings. The van der Waals surface area contributed by atoms with Gasteiger partial charge < -0.3 is 14.8 Å². The summed E-state index contributed by atoms with van der Waals surface area (Å²) in [6.45, 7) is 4.29. The maximum atomic E-state index is 13.0. The molecule has 2 heterocycles. The molecule has 134 valence electrons. The highest BCUT2D eigenvalue weighted by molar-refractivity contribution is 6.05. The van der Waals surface area contributed by atoms with Crippen LogP contribution in [0.5, 0.6) is 0 Å². The molecule has 0 spiro atoms. The van der Waals surface area contributed by atoms with E-state index in [-0.39, 0.29) is 11.7 Å². The molecule has 1 N–H and O–H groups in total. The number of nitrogens with one attached hydrogen (secondary N) is 1. The van der Waals surface area contributed by atoms with E-state index in [4.69, 9.17) is 0 Å². The highest BCUT2D eigenvalue weighted by Gasteiger charge is 2.13. The van der Waals surface area contributed by atoms with Crippen molar-refractivity contribution in [3.05, 3.63) is 60.2 Å². The molecule has 4 rings (SSSR count). The van der Waals surface area contributed by atoms with Gasteiger partial charge in [0, 0.05) is 24.3 Å². The van der Waals surface area contributed by atoms with E-state index in [1.54, 1.807) is 24.3 Å². The molecule has 0 atom stereocenters. The molecule has 0 radical (unpaired) electrons. The lowest BCUT2D eigenvalue weighted by Gasteiger charge is -2.15. The molecule has 0 saturated carbocycles. The summed E-state index contributed by atoms with van der Waals surface area (Å²) in [6, 6.07) is 11.3. The monoisotopic (exact) mass is 352 g/mol. The van der Waals surface area contributed by atoms with Crippen molar-refractivity contribution in [3.63, 3.8) is 0 Å². The van der Waals surface area contributed by atoms with Crippen molar-refractivity contribution >= 4 is 22.6 Å². The molecule has 3 aromatic rings. The van der Waals surface area contributed by atoms with Crippen LogP contribution in [-0.2, 0) is 6.54 Å². The number of amides is 1. The van der Waals surface area contributed by atoms with E-state index in [9.17, 15) is 9.18 Å². The minimum Gasteiger partial charge on any atom is -0.329 e. The van der Waals surface area contributed by atoms with Crippen molar-refractivity contribution in [3.8, 4) is 0 Å². The van der Waals surface area contributed by atoms with Crippen LogP contribution in [0.3, 0.4) is 0 Å². The molecular formula is C20H21FN4O. The number of aromatic nitrogens is 2. The zero-order chi connectivity index (χ0) is 17.9. The van der Waals surface area contributed by atoms with E-state index in [2.05, 4.69) is 19.8 Å². The highest BCUT2D eigenvalue weighted by Crippen LogP contribution is 2.17. The topological polar surface area (TPSA) is 50.2 Å².